The molecule has 3 aromatic carbocycles. The zero-order chi connectivity index (χ0) is 30.1. The number of pyridine rings is 1. The fraction of sp³-hybridized carbons (Fsp3) is 0.0667. The Kier molecular flexibility index (Phi) is 7.74. The van der Waals surface area contributed by atoms with E-state index in [2.05, 4.69) is 41.9 Å². The molecule has 0 aliphatic heterocycles. The van der Waals surface area contributed by atoms with Gasteiger partial charge in [-0.05, 0) is 69.1 Å². The summed E-state index contributed by atoms with van der Waals surface area (Å²) in [5, 5.41) is 16.8. The molecule has 43 heavy (non-hydrogen) atoms. The average molecular weight is 705 g/mol. The molecule has 214 valence electrons. The number of hydrogen-bond donors (Lipinski definition) is 0. The number of ether oxygens (including phenoxy) is 2. The maximum Gasteiger partial charge on any atom is 0.287 e. The summed E-state index contributed by atoms with van der Waals surface area (Å²) < 4.78 is 20.0. The predicted molar refractivity (Wildman–Crippen MR) is 168 cm³/mol. The van der Waals surface area contributed by atoms with Crippen molar-refractivity contribution in [3.05, 3.63) is 114 Å². The van der Waals surface area contributed by atoms with Gasteiger partial charge in [-0.25, -0.2) is 9.97 Å². The van der Waals surface area contributed by atoms with Gasteiger partial charge in [-0.3, -0.25) is 14.9 Å². The van der Waals surface area contributed by atoms with Crippen LogP contribution >= 0.6 is 31.9 Å². The van der Waals surface area contributed by atoms with Crippen LogP contribution < -0.4 is 15.0 Å². The Morgan fingerprint density at radius 3 is 2.60 bits per heavy atom. The van der Waals surface area contributed by atoms with Gasteiger partial charge in [0.15, 0.2) is 17.3 Å². The largest absolute Gasteiger partial charge is 0.490 e. The third kappa shape index (κ3) is 5.51. The fourth-order valence-electron chi connectivity index (χ4n) is 4.30. The monoisotopic (exact) mass is 703 g/mol. The Balaban J connectivity index is 1.45. The minimum Gasteiger partial charge on any atom is -0.490 e. The molecule has 6 aromatic rings. The van der Waals surface area contributed by atoms with Gasteiger partial charge in [0.2, 0.25) is 11.7 Å². The Labute approximate surface area is 259 Å². The molecule has 0 atom stereocenters. The molecule has 13 heteroatoms. The molecule has 0 aliphatic carbocycles. The first-order valence-corrected chi connectivity index (χ1v) is 14.4. The first kappa shape index (κ1) is 28.2. The number of nitrogens with zero attached hydrogens (tertiary/aromatic N) is 5. The van der Waals surface area contributed by atoms with Crippen molar-refractivity contribution in [1.82, 2.24) is 14.6 Å². The van der Waals surface area contributed by atoms with Gasteiger partial charge < -0.3 is 13.9 Å². The maximum atomic E-state index is 13.7. The first-order valence-electron chi connectivity index (χ1n) is 12.8. The number of rotatable bonds is 8. The van der Waals surface area contributed by atoms with Crippen LogP contribution in [-0.4, -0.2) is 32.4 Å². The minimum atomic E-state index is -0.543. The van der Waals surface area contributed by atoms with E-state index in [1.807, 2.05) is 43.3 Å². The van der Waals surface area contributed by atoms with Gasteiger partial charge in [0.05, 0.1) is 33.1 Å². The smallest absolute Gasteiger partial charge is 0.287 e. The van der Waals surface area contributed by atoms with E-state index in [1.54, 1.807) is 24.3 Å². The zero-order valence-corrected chi connectivity index (χ0v) is 25.4. The number of fused-ring (bicyclic) bond motifs is 2. The van der Waals surface area contributed by atoms with Crippen molar-refractivity contribution in [3.8, 4) is 29.0 Å². The predicted octanol–water partition coefficient (Wildman–Crippen LogP) is 7.71. The molecule has 0 aliphatic rings. The molecular formula is C30H19Br2N5O6. The fourth-order valence-corrected chi connectivity index (χ4v) is 5.21. The van der Waals surface area contributed by atoms with Gasteiger partial charge in [0, 0.05) is 27.6 Å². The van der Waals surface area contributed by atoms with Crippen molar-refractivity contribution in [2.75, 3.05) is 6.61 Å². The van der Waals surface area contributed by atoms with E-state index in [4.69, 9.17) is 18.9 Å². The molecule has 0 saturated carbocycles. The third-order valence-corrected chi connectivity index (χ3v) is 8.45. The highest BCUT2D eigenvalue weighted by molar-refractivity contribution is 9.13. The van der Waals surface area contributed by atoms with Crippen molar-refractivity contribution in [2.45, 2.75) is 6.92 Å². The number of furan rings is 1. The number of benzene rings is 3. The molecule has 6 rings (SSSR count). The van der Waals surface area contributed by atoms with E-state index in [0.29, 0.717) is 54.9 Å². The standard InChI is InChI=1S/C30H19Br2N5O6/c1-2-41-23-14-18(26(31)27(32)28(23)43-25-12-11-19(16-33-25)37(39)40)15-34-36-29(24-13-17-7-3-6-10-22(17)42-24)35-21-9-5-4-8-20(21)30(36)38/h3-16H,2H2,1H3. The second-order valence-electron chi connectivity index (χ2n) is 9.03. The molecule has 0 amide bonds. The summed E-state index contributed by atoms with van der Waals surface area (Å²) in [6.07, 6.45) is 2.60. The van der Waals surface area contributed by atoms with Crippen LogP contribution in [0.15, 0.2) is 102 Å². The van der Waals surface area contributed by atoms with Crippen LogP contribution in [-0.2, 0) is 0 Å². The third-order valence-electron chi connectivity index (χ3n) is 6.31. The lowest BCUT2D eigenvalue weighted by atomic mass is 10.2. The number of halogens is 2. The highest BCUT2D eigenvalue weighted by atomic mass is 79.9. The van der Waals surface area contributed by atoms with E-state index in [9.17, 15) is 14.9 Å². The lowest BCUT2D eigenvalue weighted by Gasteiger charge is -2.15. The summed E-state index contributed by atoms with van der Waals surface area (Å²) in [7, 11) is 0. The lowest BCUT2D eigenvalue weighted by molar-refractivity contribution is -0.385. The molecule has 3 heterocycles. The molecule has 0 radical (unpaired) electrons. The van der Waals surface area contributed by atoms with Crippen LogP contribution in [0, 0.1) is 10.1 Å². The highest BCUT2D eigenvalue weighted by Gasteiger charge is 2.20. The van der Waals surface area contributed by atoms with Crippen LogP contribution in [0.1, 0.15) is 12.5 Å². The number of para-hydroxylation sites is 2. The molecule has 0 fully saturated rings. The number of nitro groups is 1. The Hall–Kier alpha value is -4.88. The van der Waals surface area contributed by atoms with Crippen LogP contribution in [0.25, 0.3) is 33.5 Å². The average Bonchev–Trinajstić information content (AvgIpc) is 3.45. The molecule has 11 nitrogen and oxygen atoms in total. The summed E-state index contributed by atoms with van der Waals surface area (Å²) >= 11 is 7.12. The lowest BCUT2D eigenvalue weighted by Crippen LogP contribution is -2.20. The normalized spacial score (nSPS) is 11.4. The van der Waals surface area contributed by atoms with Crippen molar-refractivity contribution >= 4 is 65.6 Å². The van der Waals surface area contributed by atoms with E-state index in [1.165, 1.54) is 23.0 Å². The Bertz CT molecular complexity index is 2070. The van der Waals surface area contributed by atoms with Gasteiger partial charge >= 0.3 is 0 Å². The maximum absolute atomic E-state index is 13.7. The summed E-state index contributed by atoms with van der Waals surface area (Å²) in [6.45, 7) is 2.14. The summed E-state index contributed by atoms with van der Waals surface area (Å²) in [5.74, 6) is 1.39. The molecule has 0 unspecified atom stereocenters. The van der Waals surface area contributed by atoms with E-state index < -0.39 is 4.92 Å². The Morgan fingerprint density at radius 1 is 1.07 bits per heavy atom. The molecule has 0 saturated heterocycles. The molecule has 0 spiro atoms. The summed E-state index contributed by atoms with van der Waals surface area (Å²) in [4.78, 5) is 32.8. The van der Waals surface area contributed by atoms with Crippen molar-refractivity contribution in [2.24, 2.45) is 5.10 Å². The molecule has 0 bridgehead atoms. The van der Waals surface area contributed by atoms with Crippen LogP contribution in [0.5, 0.6) is 17.4 Å². The van der Waals surface area contributed by atoms with E-state index in [-0.39, 0.29) is 23.0 Å². The van der Waals surface area contributed by atoms with Crippen LogP contribution in [0.4, 0.5) is 5.69 Å². The van der Waals surface area contributed by atoms with Crippen LogP contribution in [0.2, 0.25) is 0 Å². The summed E-state index contributed by atoms with van der Waals surface area (Å²) in [5.41, 5.74) is 1.18. The zero-order valence-electron chi connectivity index (χ0n) is 22.2. The topological polar surface area (TPSA) is 135 Å². The van der Waals surface area contributed by atoms with Crippen molar-refractivity contribution in [3.63, 3.8) is 0 Å². The van der Waals surface area contributed by atoms with Gasteiger partial charge in [-0.1, -0.05) is 30.3 Å². The van der Waals surface area contributed by atoms with E-state index >= 15 is 0 Å². The van der Waals surface area contributed by atoms with E-state index in [0.717, 1.165) is 11.6 Å². The van der Waals surface area contributed by atoms with Gasteiger partial charge in [-0.15, -0.1) is 0 Å². The molecular weight excluding hydrogens is 686 g/mol. The Morgan fingerprint density at radius 2 is 1.86 bits per heavy atom. The highest BCUT2D eigenvalue weighted by Crippen LogP contribution is 2.44. The second-order valence-corrected chi connectivity index (χ2v) is 10.6. The van der Waals surface area contributed by atoms with Crippen LogP contribution in [0.3, 0.4) is 0 Å². The summed E-state index contributed by atoms with van der Waals surface area (Å²) in [6, 6.07) is 20.7. The molecule has 3 aromatic heterocycles. The first-order chi connectivity index (χ1) is 20.8. The van der Waals surface area contributed by atoms with Gasteiger partial charge in [0.1, 0.15) is 11.8 Å². The second kappa shape index (κ2) is 11.8. The van der Waals surface area contributed by atoms with Gasteiger partial charge in [0.25, 0.3) is 11.2 Å². The van der Waals surface area contributed by atoms with Crippen molar-refractivity contribution in [1.29, 1.82) is 0 Å². The molecule has 0 N–H and O–H groups in total. The number of aromatic nitrogens is 3. The number of hydrogen-bond acceptors (Lipinski definition) is 9. The minimum absolute atomic E-state index is 0.129. The quantitative estimate of drug-likeness (QED) is 0.0893. The van der Waals surface area contributed by atoms with Gasteiger partial charge in [-0.2, -0.15) is 9.78 Å². The SMILES string of the molecule is CCOc1cc(C=Nn2c(-c3cc4ccccc4o3)nc3ccccc3c2=O)c(Br)c(Br)c1Oc1ccc([N+](=O)[O-])cn1. The van der Waals surface area contributed by atoms with Crippen molar-refractivity contribution < 1.29 is 18.8 Å².